The molecule has 1 aliphatic heterocycles. The molecule has 7 heteroatoms. The van der Waals surface area contributed by atoms with E-state index in [1.165, 1.54) is 0 Å². The average Bonchev–Trinajstić information content (AvgIpc) is 2.54. The summed E-state index contributed by atoms with van der Waals surface area (Å²) in [7, 11) is 0. The highest BCUT2D eigenvalue weighted by molar-refractivity contribution is 6.33. The fourth-order valence-corrected chi connectivity index (χ4v) is 3.08. The van der Waals surface area contributed by atoms with Gasteiger partial charge in [0, 0.05) is 19.3 Å². The van der Waals surface area contributed by atoms with Gasteiger partial charge < -0.3 is 9.64 Å². The van der Waals surface area contributed by atoms with Crippen LogP contribution in [-0.2, 0) is 10.9 Å². The standard InChI is InChI=1S/C17H16ClF3N2O/c1-11-4-2-3-5-13(11)15-10-23(6-7-24-15)16-14(18)8-12(9-22-16)17(19,20)21/h2-5,8-9,15H,6-7,10H2,1H3. The summed E-state index contributed by atoms with van der Waals surface area (Å²) in [5.41, 5.74) is 1.32. The van der Waals surface area contributed by atoms with Crippen LogP contribution < -0.4 is 4.90 Å². The molecule has 0 bridgehead atoms. The van der Waals surface area contributed by atoms with Crippen molar-refractivity contribution < 1.29 is 17.9 Å². The number of anilines is 1. The number of rotatable bonds is 2. The van der Waals surface area contributed by atoms with E-state index in [0.29, 0.717) is 25.5 Å². The van der Waals surface area contributed by atoms with Crippen LogP contribution in [0, 0.1) is 6.92 Å². The van der Waals surface area contributed by atoms with E-state index in [2.05, 4.69) is 4.98 Å². The molecule has 128 valence electrons. The van der Waals surface area contributed by atoms with Gasteiger partial charge in [-0.1, -0.05) is 35.9 Å². The Balaban J connectivity index is 1.84. The molecule has 0 saturated carbocycles. The van der Waals surface area contributed by atoms with Crippen LogP contribution in [-0.4, -0.2) is 24.7 Å². The number of ether oxygens (including phenoxy) is 1. The van der Waals surface area contributed by atoms with Gasteiger partial charge in [-0.05, 0) is 24.1 Å². The summed E-state index contributed by atoms with van der Waals surface area (Å²) >= 11 is 6.05. The summed E-state index contributed by atoms with van der Waals surface area (Å²) in [6.45, 7) is 3.47. The highest BCUT2D eigenvalue weighted by Crippen LogP contribution is 2.35. The summed E-state index contributed by atoms with van der Waals surface area (Å²) in [6, 6.07) is 8.80. The molecule has 1 aliphatic rings. The monoisotopic (exact) mass is 356 g/mol. The number of pyridine rings is 1. The Kier molecular flexibility index (Phi) is 4.69. The minimum Gasteiger partial charge on any atom is -0.370 e. The van der Waals surface area contributed by atoms with E-state index in [4.69, 9.17) is 16.3 Å². The van der Waals surface area contributed by atoms with Crippen molar-refractivity contribution in [3.8, 4) is 0 Å². The van der Waals surface area contributed by atoms with Crippen LogP contribution in [0.15, 0.2) is 36.5 Å². The van der Waals surface area contributed by atoms with Crippen LogP contribution in [0.4, 0.5) is 19.0 Å². The lowest BCUT2D eigenvalue weighted by Crippen LogP contribution is -2.39. The minimum atomic E-state index is -4.45. The number of alkyl halides is 3. The highest BCUT2D eigenvalue weighted by atomic mass is 35.5. The zero-order valence-corrected chi connectivity index (χ0v) is 13.7. The first kappa shape index (κ1) is 17.0. The molecule has 24 heavy (non-hydrogen) atoms. The van der Waals surface area contributed by atoms with Gasteiger partial charge in [0.2, 0.25) is 0 Å². The second kappa shape index (κ2) is 6.61. The third kappa shape index (κ3) is 3.49. The second-order valence-corrected chi connectivity index (χ2v) is 6.10. The first-order chi connectivity index (χ1) is 11.4. The van der Waals surface area contributed by atoms with Crippen molar-refractivity contribution in [2.45, 2.75) is 19.2 Å². The maximum atomic E-state index is 12.7. The number of morpholine rings is 1. The molecule has 3 rings (SSSR count). The number of hydrogen-bond donors (Lipinski definition) is 0. The fraction of sp³-hybridized carbons (Fsp3) is 0.353. The minimum absolute atomic E-state index is 0.00439. The van der Waals surface area contributed by atoms with Gasteiger partial charge in [0.15, 0.2) is 0 Å². The molecule has 0 spiro atoms. The van der Waals surface area contributed by atoms with Gasteiger partial charge in [-0.3, -0.25) is 0 Å². The first-order valence-electron chi connectivity index (χ1n) is 7.51. The van der Waals surface area contributed by atoms with Crippen molar-refractivity contribution in [3.05, 3.63) is 58.2 Å². The molecule has 3 nitrogen and oxygen atoms in total. The van der Waals surface area contributed by atoms with Crippen molar-refractivity contribution in [1.82, 2.24) is 4.98 Å². The molecule has 0 N–H and O–H groups in total. The maximum Gasteiger partial charge on any atom is 0.417 e. The average molecular weight is 357 g/mol. The van der Waals surface area contributed by atoms with Gasteiger partial charge in [-0.15, -0.1) is 0 Å². The summed E-state index contributed by atoms with van der Waals surface area (Å²) in [4.78, 5) is 5.80. The highest BCUT2D eigenvalue weighted by Gasteiger charge is 2.32. The van der Waals surface area contributed by atoms with Gasteiger partial charge >= 0.3 is 6.18 Å². The maximum absolute atomic E-state index is 12.7. The third-order valence-electron chi connectivity index (χ3n) is 4.05. The summed E-state index contributed by atoms with van der Waals surface area (Å²) in [5, 5.41) is -0.00439. The zero-order valence-electron chi connectivity index (χ0n) is 13.0. The molecule has 0 amide bonds. The van der Waals surface area contributed by atoms with Gasteiger partial charge in [0.25, 0.3) is 0 Å². The molecule has 1 atom stereocenters. The molecule has 0 radical (unpaired) electrons. The molecule has 1 saturated heterocycles. The van der Waals surface area contributed by atoms with E-state index in [1.807, 2.05) is 36.1 Å². The molecule has 1 unspecified atom stereocenters. The van der Waals surface area contributed by atoms with Crippen molar-refractivity contribution >= 4 is 17.4 Å². The largest absolute Gasteiger partial charge is 0.417 e. The Morgan fingerprint density at radius 3 is 2.71 bits per heavy atom. The molecule has 2 heterocycles. The number of benzene rings is 1. The lowest BCUT2D eigenvalue weighted by atomic mass is 10.0. The van der Waals surface area contributed by atoms with E-state index in [-0.39, 0.29) is 11.1 Å². The van der Waals surface area contributed by atoms with E-state index in [0.717, 1.165) is 23.4 Å². The van der Waals surface area contributed by atoms with E-state index < -0.39 is 11.7 Å². The van der Waals surface area contributed by atoms with Crippen LogP contribution in [0.2, 0.25) is 5.02 Å². The van der Waals surface area contributed by atoms with Crippen molar-refractivity contribution in [2.75, 3.05) is 24.6 Å². The molecule has 1 aromatic heterocycles. The van der Waals surface area contributed by atoms with E-state index >= 15 is 0 Å². The van der Waals surface area contributed by atoms with Crippen molar-refractivity contribution in [3.63, 3.8) is 0 Å². The summed E-state index contributed by atoms with van der Waals surface area (Å²) in [6.07, 6.45) is -3.80. The molecule has 2 aromatic rings. The van der Waals surface area contributed by atoms with Gasteiger partial charge in [-0.25, -0.2) is 4.98 Å². The van der Waals surface area contributed by atoms with Crippen LogP contribution in [0.3, 0.4) is 0 Å². The second-order valence-electron chi connectivity index (χ2n) is 5.69. The van der Waals surface area contributed by atoms with Gasteiger partial charge in [0.05, 0.1) is 17.2 Å². The third-order valence-corrected chi connectivity index (χ3v) is 4.33. The normalized spacial score (nSPS) is 18.7. The predicted octanol–water partition coefficient (Wildman–Crippen LogP) is 4.64. The number of halogens is 4. The van der Waals surface area contributed by atoms with Gasteiger partial charge in [0.1, 0.15) is 11.9 Å². The van der Waals surface area contributed by atoms with Crippen LogP contribution in [0.5, 0.6) is 0 Å². The first-order valence-corrected chi connectivity index (χ1v) is 7.89. The Morgan fingerprint density at radius 2 is 2.04 bits per heavy atom. The smallest absolute Gasteiger partial charge is 0.370 e. The summed E-state index contributed by atoms with van der Waals surface area (Å²) < 4.78 is 44.0. The van der Waals surface area contributed by atoms with E-state index in [1.54, 1.807) is 0 Å². The van der Waals surface area contributed by atoms with Crippen molar-refractivity contribution in [1.29, 1.82) is 0 Å². The Hall–Kier alpha value is -1.79. The molecular formula is C17H16ClF3N2O. The number of aryl methyl sites for hydroxylation is 1. The predicted molar refractivity (Wildman–Crippen MR) is 86.3 cm³/mol. The number of nitrogens with zero attached hydrogens (tertiary/aromatic N) is 2. The van der Waals surface area contributed by atoms with Crippen LogP contribution in [0.1, 0.15) is 22.8 Å². The molecule has 0 aliphatic carbocycles. The Labute approximate surface area is 143 Å². The molecule has 1 fully saturated rings. The van der Waals surface area contributed by atoms with Crippen LogP contribution in [0.25, 0.3) is 0 Å². The van der Waals surface area contributed by atoms with E-state index in [9.17, 15) is 13.2 Å². The van der Waals surface area contributed by atoms with Crippen LogP contribution >= 0.6 is 11.6 Å². The number of aromatic nitrogens is 1. The lowest BCUT2D eigenvalue weighted by molar-refractivity contribution is -0.137. The van der Waals surface area contributed by atoms with Crippen molar-refractivity contribution in [2.24, 2.45) is 0 Å². The molecular weight excluding hydrogens is 341 g/mol. The summed E-state index contributed by atoms with van der Waals surface area (Å²) in [5.74, 6) is 0.353. The van der Waals surface area contributed by atoms with Gasteiger partial charge in [-0.2, -0.15) is 13.2 Å². The topological polar surface area (TPSA) is 25.4 Å². The Morgan fingerprint density at radius 1 is 1.29 bits per heavy atom. The quantitative estimate of drug-likeness (QED) is 0.783. The molecule has 1 aromatic carbocycles. The number of hydrogen-bond acceptors (Lipinski definition) is 3. The SMILES string of the molecule is Cc1ccccc1C1CN(c2ncc(C(F)(F)F)cc2Cl)CCO1. The Bertz CT molecular complexity index is 736. The lowest BCUT2D eigenvalue weighted by Gasteiger charge is -2.35. The fourth-order valence-electron chi connectivity index (χ4n) is 2.80. The zero-order chi connectivity index (χ0) is 17.3.